The third-order valence-corrected chi connectivity index (χ3v) is 2.96. The first-order valence-corrected chi connectivity index (χ1v) is 5.33. The van der Waals surface area contributed by atoms with Gasteiger partial charge < -0.3 is 0 Å². The largest absolute Gasteiger partial charge is 0.102 e. The smallest absolute Gasteiger partial charge is 0.0213 e. The molecule has 0 spiro atoms. The summed E-state index contributed by atoms with van der Waals surface area (Å²) in [5.41, 5.74) is 1.33. The summed E-state index contributed by atoms with van der Waals surface area (Å²) in [6, 6.07) is 8.33. The summed E-state index contributed by atoms with van der Waals surface area (Å²) in [5, 5.41) is 0. The first-order valence-electron chi connectivity index (χ1n) is 4.53. The number of benzene rings is 1. The molecule has 0 aromatic heterocycles. The molecular formula is C12H15Br. The molecule has 0 heterocycles. The fourth-order valence-electron chi connectivity index (χ4n) is 1.50. The predicted molar refractivity (Wildman–Crippen MR) is 61.9 cm³/mol. The second-order valence-corrected chi connectivity index (χ2v) is 4.38. The average Bonchev–Trinajstić information content (AvgIpc) is 2.09. The normalized spacial score (nSPS) is 12.9. The van der Waals surface area contributed by atoms with E-state index in [9.17, 15) is 0 Å². The van der Waals surface area contributed by atoms with Gasteiger partial charge in [0, 0.05) is 10.4 Å². The number of rotatable bonds is 3. The van der Waals surface area contributed by atoms with Crippen LogP contribution in [0.4, 0.5) is 0 Å². The van der Waals surface area contributed by atoms with Crippen LogP contribution in [0.2, 0.25) is 0 Å². The van der Waals surface area contributed by atoms with Crippen LogP contribution in [0.5, 0.6) is 0 Å². The molecule has 0 fully saturated rings. The zero-order valence-corrected chi connectivity index (χ0v) is 9.71. The molecule has 70 valence electrons. The molecule has 0 saturated heterocycles. The summed E-state index contributed by atoms with van der Waals surface area (Å²) in [6.07, 6.45) is 2.02. The minimum atomic E-state index is 0.440. The molecule has 1 heteroatoms. The maximum Gasteiger partial charge on any atom is 0.0213 e. The van der Waals surface area contributed by atoms with Crippen molar-refractivity contribution in [2.24, 2.45) is 5.92 Å². The summed E-state index contributed by atoms with van der Waals surface area (Å²) in [6.45, 7) is 8.31. The standard InChI is InChI=1S/C12H15Br/c1-4-10(9(2)3)11-7-5-6-8-12(11)13/h4-10H,1H2,2-3H3. The Hall–Kier alpha value is -0.560. The Bertz CT molecular complexity index is 289. The highest BCUT2D eigenvalue weighted by atomic mass is 79.9. The summed E-state index contributed by atoms with van der Waals surface area (Å²) in [7, 11) is 0. The van der Waals surface area contributed by atoms with Crippen molar-refractivity contribution in [1.29, 1.82) is 0 Å². The highest BCUT2D eigenvalue weighted by Crippen LogP contribution is 2.30. The monoisotopic (exact) mass is 238 g/mol. The van der Waals surface area contributed by atoms with Crippen LogP contribution < -0.4 is 0 Å². The number of halogens is 1. The molecule has 1 rings (SSSR count). The first-order chi connectivity index (χ1) is 6.16. The molecule has 0 N–H and O–H groups in total. The van der Waals surface area contributed by atoms with Crippen LogP contribution in [0.1, 0.15) is 25.3 Å². The van der Waals surface area contributed by atoms with Gasteiger partial charge in [-0.25, -0.2) is 0 Å². The van der Waals surface area contributed by atoms with Crippen LogP contribution >= 0.6 is 15.9 Å². The van der Waals surface area contributed by atoms with E-state index in [1.807, 2.05) is 12.1 Å². The second-order valence-electron chi connectivity index (χ2n) is 3.53. The molecule has 0 bridgehead atoms. The van der Waals surface area contributed by atoms with E-state index in [-0.39, 0.29) is 0 Å². The Balaban J connectivity index is 3.04. The third kappa shape index (κ3) is 2.44. The SMILES string of the molecule is C=CC(c1ccccc1Br)C(C)C. The predicted octanol–water partition coefficient (Wildman–Crippen LogP) is 4.37. The van der Waals surface area contributed by atoms with E-state index in [4.69, 9.17) is 0 Å². The van der Waals surface area contributed by atoms with Crippen LogP contribution in [0.3, 0.4) is 0 Å². The lowest BCUT2D eigenvalue weighted by Gasteiger charge is -2.18. The highest BCUT2D eigenvalue weighted by Gasteiger charge is 2.13. The van der Waals surface area contributed by atoms with Crippen molar-refractivity contribution >= 4 is 15.9 Å². The van der Waals surface area contributed by atoms with Crippen LogP contribution in [0, 0.1) is 5.92 Å². The van der Waals surface area contributed by atoms with E-state index in [2.05, 4.69) is 54.6 Å². The quantitative estimate of drug-likeness (QED) is 0.687. The topological polar surface area (TPSA) is 0 Å². The van der Waals surface area contributed by atoms with Crippen LogP contribution in [0.25, 0.3) is 0 Å². The van der Waals surface area contributed by atoms with Gasteiger partial charge in [0.05, 0.1) is 0 Å². The second kappa shape index (κ2) is 4.61. The Kier molecular flexibility index (Phi) is 3.73. The molecule has 13 heavy (non-hydrogen) atoms. The third-order valence-electron chi connectivity index (χ3n) is 2.24. The van der Waals surface area contributed by atoms with Gasteiger partial charge in [-0.05, 0) is 17.5 Å². The minimum Gasteiger partial charge on any atom is -0.102 e. The average molecular weight is 239 g/mol. The van der Waals surface area contributed by atoms with Crippen molar-refractivity contribution in [2.75, 3.05) is 0 Å². The molecule has 1 aromatic rings. The lowest BCUT2D eigenvalue weighted by molar-refractivity contribution is 0.577. The van der Waals surface area contributed by atoms with Crippen LogP contribution in [-0.4, -0.2) is 0 Å². The van der Waals surface area contributed by atoms with Gasteiger partial charge in [0.1, 0.15) is 0 Å². The Morgan fingerprint density at radius 1 is 1.31 bits per heavy atom. The van der Waals surface area contributed by atoms with Crippen molar-refractivity contribution in [2.45, 2.75) is 19.8 Å². The lowest BCUT2D eigenvalue weighted by Crippen LogP contribution is -2.03. The van der Waals surface area contributed by atoms with Gasteiger partial charge in [-0.1, -0.05) is 54.1 Å². The maximum absolute atomic E-state index is 3.88. The van der Waals surface area contributed by atoms with E-state index in [0.717, 1.165) is 0 Å². The molecule has 0 nitrogen and oxygen atoms in total. The van der Waals surface area contributed by atoms with E-state index in [1.54, 1.807) is 0 Å². The number of allylic oxidation sites excluding steroid dienone is 1. The molecular weight excluding hydrogens is 224 g/mol. The summed E-state index contributed by atoms with van der Waals surface area (Å²) in [4.78, 5) is 0. The Morgan fingerprint density at radius 2 is 1.92 bits per heavy atom. The van der Waals surface area contributed by atoms with Crippen molar-refractivity contribution in [1.82, 2.24) is 0 Å². The fraction of sp³-hybridized carbons (Fsp3) is 0.333. The van der Waals surface area contributed by atoms with Gasteiger partial charge in [-0.2, -0.15) is 0 Å². The van der Waals surface area contributed by atoms with Crippen molar-refractivity contribution in [3.63, 3.8) is 0 Å². The van der Waals surface area contributed by atoms with Crippen molar-refractivity contribution in [3.05, 3.63) is 47.0 Å². The Labute approximate surface area is 88.8 Å². The van der Waals surface area contributed by atoms with E-state index < -0.39 is 0 Å². The van der Waals surface area contributed by atoms with Gasteiger partial charge in [0.2, 0.25) is 0 Å². The highest BCUT2D eigenvalue weighted by molar-refractivity contribution is 9.10. The van der Waals surface area contributed by atoms with Gasteiger partial charge in [-0.3, -0.25) is 0 Å². The summed E-state index contributed by atoms with van der Waals surface area (Å²) >= 11 is 3.56. The maximum atomic E-state index is 3.88. The van der Waals surface area contributed by atoms with E-state index in [0.29, 0.717) is 11.8 Å². The zero-order valence-electron chi connectivity index (χ0n) is 8.13. The molecule has 0 aliphatic carbocycles. The van der Waals surface area contributed by atoms with Gasteiger partial charge >= 0.3 is 0 Å². The number of hydrogen-bond donors (Lipinski definition) is 0. The minimum absolute atomic E-state index is 0.440. The van der Waals surface area contributed by atoms with Gasteiger partial charge in [0.25, 0.3) is 0 Å². The zero-order chi connectivity index (χ0) is 9.84. The fourth-order valence-corrected chi connectivity index (χ4v) is 2.05. The van der Waals surface area contributed by atoms with Crippen molar-refractivity contribution < 1.29 is 0 Å². The van der Waals surface area contributed by atoms with Crippen LogP contribution in [-0.2, 0) is 0 Å². The van der Waals surface area contributed by atoms with Crippen LogP contribution in [0.15, 0.2) is 41.4 Å². The van der Waals surface area contributed by atoms with Gasteiger partial charge in [-0.15, -0.1) is 6.58 Å². The van der Waals surface area contributed by atoms with E-state index in [1.165, 1.54) is 10.0 Å². The molecule has 1 unspecified atom stereocenters. The summed E-state index contributed by atoms with van der Waals surface area (Å²) < 4.78 is 1.17. The summed E-state index contributed by atoms with van der Waals surface area (Å²) in [5.74, 6) is 1.03. The number of hydrogen-bond acceptors (Lipinski definition) is 0. The molecule has 1 atom stereocenters. The molecule has 0 aliphatic rings. The lowest BCUT2D eigenvalue weighted by atomic mass is 9.89. The van der Waals surface area contributed by atoms with Gasteiger partial charge in [0.15, 0.2) is 0 Å². The molecule has 1 aromatic carbocycles. The molecule has 0 radical (unpaired) electrons. The molecule has 0 aliphatic heterocycles. The first kappa shape index (κ1) is 10.5. The van der Waals surface area contributed by atoms with E-state index >= 15 is 0 Å². The Morgan fingerprint density at radius 3 is 2.38 bits per heavy atom. The van der Waals surface area contributed by atoms with Crippen molar-refractivity contribution in [3.8, 4) is 0 Å². The molecule has 0 saturated carbocycles. The molecule has 0 amide bonds.